The number of rotatable bonds is 4. The molecule has 0 atom stereocenters. The summed E-state index contributed by atoms with van der Waals surface area (Å²) in [7, 11) is 0. The molecule has 104 valence electrons. The molecule has 0 bridgehead atoms. The summed E-state index contributed by atoms with van der Waals surface area (Å²) in [4.78, 5) is 8.19. The highest BCUT2D eigenvalue weighted by molar-refractivity contribution is 5.73. The minimum Gasteiger partial charge on any atom is -0.265 e. The third-order valence-electron chi connectivity index (χ3n) is 3.20. The first-order chi connectivity index (χ1) is 10.1. The molecular weight excluding hydrogens is 256 g/mol. The van der Waals surface area contributed by atoms with E-state index >= 15 is 0 Å². The van der Waals surface area contributed by atoms with Crippen LogP contribution in [0, 0.1) is 6.92 Å². The monoisotopic (exact) mass is 274 g/mol. The molecule has 2 rings (SSSR count). The van der Waals surface area contributed by atoms with Gasteiger partial charge in [-0.3, -0.25) is 9.98 Å². The second kappa shape index (κ2) is 6.62. The van der Waals surface area contributed by atoms with Crippen LogP contribution < -0.4 is 10.4 Å². The minimum atomic E-state index is 0.875. The smallest absolute Gasteiger partial charge is 0.0635 e. The van der Waals surface area contributed by atoms with Crippen molar-refractivity contribution in [2.24, 2.45) is 9.98 Å². The largest absolute Gasteiger partial charge is 0.265 e. The third-order valence-corrected chi connectivity index (χ3v) is 3.20. The van der Waals surface area contributed by atoms with Crippen molar-refractivity contribution in [3.8, 4) is 0 Å². The maximum Gasteiger partial charge on any atom is 0.0635 e. The van der Waals surface area contributed by atoms with E-state index in [2.05, 4.69) is 42.9 Å². The Bertz CT molecular complexity index is 814. The second-order valence-electron chi connectivity index (χ2n) is 4.74. The fraction of sp³-hybridized carbons (Fsp3) is 0.0526. The normalized spacial score (nSPS) is 11.8. The Morgan fingerprint density at radius 2 is 1.81 bits per heavy atom. The number of aliphatic imine (C=N–C) groups is 2. The number of benzene rings is 2. The van der Waals surface area contributed by atoms with E-state index in [9.17, 15) is 0 Å². The van der Waals surface area contributed by atoms with Crippen LogP contribution in [0.3, 0.4) is 0 Å². The van der Waals surface area contributed by atoms with Crippen LogP contribution in [-0.2, 0) is 0 Å². The van der Waals surface area contributed by atoms with Crippen molar-refractivity contribution in [3.63, 3.8) is 0 Å². The molecule has 2 aromatic carbocycles. The zero-order chi connectivity index (χ0) is 15.2. The van der Waals surface area contributed by atoms with Crippen molar-refractivity contribution in [2.75, 3.05) is 0 Å². The highest BCUT2D eigenvalue weighted by Gasteiger charge is 1.97. The molecule has 2 heteroatoms. The van der Waals surface area contributed by atoms with Crippen LogP contribution in [0.5, 0.6) is 0 Å². The Labute approximate surface area is 125 Å². The van der Waals surface area contributed by atoms with Crippen LogP contribution in [-0.4, -0.2) is 12.9 Å². The summed E-state index contributed by atoms with van der Waals surface area (Å²) in [5.41, 5.74) is 4.07. The van der Waals surface area contributed by atoms with E-state index in [0.717, 1.165) is 32.9 Å². The van der Waals surface area contributed by atoms with Gasteiger partial charge in [0.05, 0.1) is 11.4 Å². The Hall–Kier alpha value is -2.74. The number of nitrogens with zero attached hydrogens (tertiary/aromatic N) is 2. The first-order valence-electron chi connectivity index (χ1n) is 6.67. The molecule has 0 N–H and O–H groups in total. The fourth-order valence-electron chi connectivity index (χ4n) is 2.04. The summed E-state index contributed by atoms with van der Waals surface area (Å²) < 4.78 is 0. The minimum absolute atomic E-state index is 0.875. The highest BCUT2D eigenvalue weighted by Crippen LogP contribution is 2.17. The lowest BCUT2D eigenvalue weighted by Gasteiger charge is -2.02. The van der Waals surface area contributed by atoms with Gasteiger partial charge in [0.2, 0.25) is 0 Å². The van der Waals surface area contributed by atoms with Gasteiger partial charge in [-0.05, 0) is 65.5 Å². The van der Waals surface area contributed by atoms with Gasteiger partial charge in [0.1, 0.15) is 0 Å². The van der Waals surface area contributed by atoms with E-state index in [4.69, 9.17) is 0 Å². The number of aryl methyl sites for hydroxylation is 1. The van der Waals surface area contributed by atoms with Gasteiger partial charge in [0, 0.05) is 6.21 Å². The summed E-state index contributed by atoms with van der Waals surface area (Å²) in [5, 5.41) is 2.02. The Morgan fingerprint density at radius 3 is 2.43 bits per heavy atom. The van der Waals surface area contributed by atoms with E-state index in [1.165, 1.54) is 0 Å². The van der Waals surface area contributed by atoms with Crippen molar-refractivity contribution >= 4 is 37.0 Å². The summed E-state index contributed by atoms with van der Waals surface area (Å²) in [6.07, 6.45) is 5.44. The molecular formula is C19H18N2. The number of hydrogen-bond acceptors (Lipinski definition) is 2. The van der Waals surface area contributed by atoms with E-state index in [-0.39, 0.29) is 0 Å². The Morgan fingerprint density at radius 1 is 1.05 bits per heavy atom. The van der Waals surface area contributed by atoms with Crippen LogP contribution in [0.25, 0.3) is 12.7 Å². The van der Waals surface area contributed by atoms with Crippen molar-refractivity contribution in [1.29, 1.82) is 0 Å². The van der Waals surface area contributed by atoms with Crippen molar-refractivity contribution in [1.82, 2.24) is 0 Å². The van der Waals surface area contributed by atoms with Gasteiger partial charge in [-0.2, -0.15) is 0 Å². The fourth-order valence-corrected chi connectivity index (χ4v) is 2.04. The number of hydrogen-bond donors (Lipinski definition) is 0. The molecule has 0 unspecified atom stereocenters. The predicted octanol–water partition coefficient (Wildman–Crippen LogP) is 3.45. The average molecular weight is 274 g/mol. The first-order valence-corrected chi connectivity index (χ1v) is 6.67. The lowest BCUT2D eigenvalue weighted by molar-refractivity contribution is 1.40. The van der Waals surface area contributed by atoms with Gasteiger partial charge in [0.15, 0.2) is 0 Å². The van der Waals surface area contributed by atoms with Crippen molar-refractivity contribution in [2.45, 2.75) is 6.92 Å². The molecule has 0 fully saturated rings. The molecule has 0 aliphatic heterocycles. The summed E-state index contributed by atoms with van der Waals surface area (Å²) >= 11 is 0. The van der Waals surface area contributed by atoms with Gasteiger partial charge in [0.25, 0.3) is 0 Å². The van der Waals surface area contributed by atoms with E-state index in [1.54, 1.807) is 12.3 Å². The van der Waals surface area contributed by atoms with Gasteiger partial charge in [-0.25, -0.2) is 0 Å². The zero-order valence-electron chi connectivity index (χ0n) is 12.2. The average Bonchev–Trinajstić information content (AvgIpc) is 2.49. The molecule has 0 aliphatic rings. The van der Waals surface area contributed by atoms with Gasteiger partial charge >= 0.3 is 0 Å². The Balaban J connectivity index is 2.46. The van der Waals surface area contributed by atoms with Crippen LogP contribution in [0.2, 0.25) is 0 Å². The molecule has 2 aromatic rings. The van der Waals surface area contributed by atoms with E-state index in [1.807, 2.05) is 36.4 Å². The standard InChI is InChI=1S/C19H18N2/c1-5-10-21-19-9-7-17(15(3)12-19)13-16-6-8-18(20-4)11-14(16)2/h5-13H,1,3-4H2,2H3/b17-13-,21-10?. The van der Waals surface area contributed by atoms with Crippen LogP contribution in [0.4, 0.5) is 11.4 Å². The maximum absolute atomic E-state index is 4.26. The maximum atomic E-state index is 4.26. The van der Waals surface area contributed by atoms with Gasteiger partial charge in [-0.1, -0.05) is 31.4 Å². The molecule has 0 aliphatic carbocycles. The SMILES string of the molecule is C=CC=Nc1cc/c(=C/c2ccc(N=C)cc2C)c(=C)c1. The van der Waals surface area contributed by atoms with Crippen molar-refractivity contribution in [3.05, 3.63) is 70.6 Å². The van der Waals surface area contributed by atoms with E-state index < -0.39 is 0 Å². The third kappa shape index (κ3) is 3.63. The molecule has 2 nitrogen and oxygen atoms in total. The zero-order valence-corrected chi connectivity index (χ0v) is 12.2. The predicted molar refractivity (Wildman–Crippen MR) is 93.5 cm³/mol. The molecule has 0 saturated heterocycles. The topological polar surface area (TPSA) is 24.7 Å². The van der Waals surface area contributed by atoms with Gasteiger partial charge < -0.3 is 0 Å². The van der Waals surface area contributed by atoms with Crippen LogP contribution in [0.15, 0.2) is 59.0 Å². The van der Waals surface area contributed by atoms with Crippen molar-refractivity contribution < 1.29 is 0 Å². The molecule has 0 spiro atoms. The number of allylic oxidation sites excluding steroid dienone is 1. The van der Waals surface area contributed by atoms with Crippen LogP contribution in [0.1, 0.15) is 11.1 Å². The molecule has 0 heterocycles. The second-order valence-corrected chi connectivity index (χ2v) is 4.74. The van der Waals surface area contributed by atoms with Gasteiger partial charge in [-0.15, -0.1) is 0 Å². The molecule has 0 saturated carbocycles. The molecule has 0 amide bonds. The summed E-state index contributed by atoms with van der Waals surface area (Å²) in [5.74, 6) is 0. The molecule has 21 heavy (non-hydrogen) atoms. The molecule has 0 radical (unpaired) electrons. The summed E-state index contributed by atoms with van der Waals surface area (Å²) in [6, 6.07) is 12.0. The molecule has 0 aromatic heterocycles. The Kier molecular flexibility index (Phi) is 4.62. The lowest BCUT2D eigenvalue weighted by atomic mass is 10.1. The van der Waals surface area contributed by atoms with E-state index in [0.29, 0.717) is 0 Å². The lowest BCUT2D eigenvalue weighted by Crippen LogP contribution is -2.22. The first kappa shape index (κ1) is 14.7. The van der Waals surface area contributed by atoms with Crippen LogP contribution >= 0.6 is 0 Å². The highest BCUT2D eigenvalue weighted by atomic mass is 14.7. The summed E-state index contributed by atoms with van der Waals surface area (Å²) in [6.45, 7) is 13.3. The quantitative estimate of drug-likeness (QED) is 0.763.